The predicted octanol–water partition coefficient (Wildman–Crippen LogP) is 0.732. The Morgan fingerprint density at radius 2 is 2.36 bits per heavy atom. The molecule has 0 saturated carbocycles. The van der Waals surface area contributed by atoms with E-state index >= 15 is 0 Å². The highest BCUT2D eigenvalue weighted by Gasteiger charge is 2.22. The van der Waals surface area contributed by atoms with Gasteiger partial charge in [-0.1, -0.05) is 0 Å². The summed E-state index contributed by atoms with van der Waals surface area (Å²) in [7, 11) is 0. The van der Waals surface area contributed by atoms with E-state index in [1.54, 1.807) is 12.3 Å². The Kier molecular flexibility index (Phi) is 1.42. The van der Waals surface area contributed by atoms with Gasteiger partial charge in [-0.3, -0.25) is 9.79 Å². The molecule has 0 aromatic heterocycles. The van der Waals surface area contributed by atoms with Crippen molar-refractivity contribution in [3.8, 4) is 0 Å². The van der Waals surface area contributed by atoms with Crippen LogP contribution in [0, 0.1) is 0 Å². The standard InChI is InChI=1S/C7H5BrN2O/c8-5-1-4-2-6(11)10-7(4)9-3-5/h1-3,7H,(H,10,11). The molecule has 0 saturated heterocycles. The Morgan fingerprint density at radius 3 is 3.18 bits per heavy atom. The number of carbonyl (C=O) groups excluding carboxylic acids is 1. The first-order chi connectivity index (χ1) is 5.25. The van der Waals surface area contributed by atoms with Crippen molar-refractivity contribution >= 4 is 28.1 Å². The molecule has 11 heavy (non-hydrogen) atoms. The fourth-order valence-electron chi connectivity index (χ4n) is 1.08. The summed E-state index contributed by atoms with van der Waals surface area (Å²) in [5.74, 6) is -0.0689. The smallest absolute Gasteiger partial charge is 0.246 e. The normalized spacial score (nSPS) is 27.4. The minimum atomic E-state index is -0.149. The molecule has 0 aromatic carbocycles. The van der Waals surface area contributed by atoms with Crippen LogP contribution in [0.15, 0.2) is 27.2 Å². The van der Waals surface area contributed by atoms with Crippen molar-refractivity contribution in [3.63, 3.8) is 0 Å². The molecule has 0 spiro atoms. The zero-order chi connectivity index (χ0) is 7.84. The fourth-order valence-corrected chi connectivity index (χ4v) is 1.46. The monoisotopic (exact) mass is 212 g/mol. The van der Waals surface area contributed by atoms with Crippen LogP contribution in [0.4, 0.5) is 0 Å². The average molecular weight is 213 g/mol. The van der Waals surface area contributed by atoms with Crippen LogP contribution < -0.4 is 5.32 Å². The number of allylic oxidation sites excluding steroid dienone is 1. The van der Waals surface area contributed by atoms with Gasteiger partial charge < -0.3 is 5.32 Å². The molecule has 0 aromatic rings. The van der Waals surface area contributed by atoms with Gasteiger partial charge in [-0.2, -0.15) is 0 Å². The quantitative estimate of drug-likeness (QED) is 0.633. The molecule has 0 radical (unpaired) electrons. The number of nitrogens with one attached hydrogen (secondary N) is 1. The average Bonchev–Trinajstić information content (AvgIpc) is 2.27. The largest absolute Gasteiger partial charge is 0.327 e. The molecule has 3 nitrogen and oxygen atoms in total. The van der Waals surface area contributed by atoms with E-state index in [-0.39, 0.29) is 12.1 Å². The first kappa shape index (κ1) is 6.79. The minimum absolute atomic E-state index is 0.0689. The van der Waals surface area contributed by atoms with E-state index in [1.807, 2.05) is 6.08 Å². The number of carbonyl (C=O) groups is 1. The van der Waals surface area contributed by atoms with Crippen LogP contribution in [0.5, 0.6) is 0 Å². The lowest BCUT2D eigenvalue weighted by molar-refractivity contribution is -0.116. The van der Waals surface area contributed by atoms with Crippen LogP contribution >= 0.6 is 15.9 Å². The van der Waals surface area contributed by atoms with E-state index < -0.39 is 0 Å². The van der Waals surface area contributed by atoms with Gasteiger partial charge in [-0.25, -0.2) is 0 Å². The summed E-state index contributed by atoms with van der Waals surface area (Å²) in [6.45, 7) is 0. The van der Waals surface area contributed by atoms with Crippen molar-refractivity contribution < 1.29 is 4.79 Å². The number of nitrogens with zero attached hydrogens (tertiary/aromatic N) is 1. The highest BCUT2D eigenvalue weighted by molar-refractivity contribution is 9.12. The lowest BCUT2D eigenvalue weighted by Crippen LogP contribution is -2.27. The van der Waals surface area contributed by atoms with Crippen LogP contribution in [0.3, 0.4) is 0 Å². The second kappa shape index (κ2) is 2.30. The molecule has 1 atom stereocenters. The number of hydrogen-bond acceptors (Lipinski definition) is 2. The van der Waals surface area contributed by atoms with Gasteiger partial charge >= 0.3 is 0 Å². The van der Waals surface area contributed by atoms with E-state index in [0.29, 0.717) is 0 Å². The molecule has 56 valence electrons. The van der Waals surface area contributed by atoms with Crippen LogP contribution in [0.25, 0.3) is 0 Å². The number of hydrogen-bond donors (Lipinski definition) is 1. The number of fused-ring (bicyclic) bond motifs is 1. The van der Waals surface area contributed by atoms with Crippen LogP contribution in [-0.4, -0.2) is 18.3 Å². The Balaban J connectivity index is 2.38. The molecule has 4 heteroatoms. The van der Waals surface area contributed by atoms with Crippen molar-refractivity contribution in [1.82, 2.24) is 5.32 Å². The van der Waals surface area contributed by atoms with E-state index in [4.69, 9.17) is 0 Å². The molecule has 0 fully saturated rings. The Bertz CT molecular complexity index is 301. The third kappa shape index (κ3) is 1.14. The molecule has 2 aliphatic rings. The van der Waals surface area contributed by atoms with Gasteiger partial charge in [-0.15, -0.1) is 0 Å². The minimum Gasteiger partial charge on any atom is -0.327 e. The highest BCUT2D eigenvalue weighted by Crippen LogP contribution is 2.20. The molecule has 1 unspecified atom stereocenters. The van der Waals surface area contributed by atoms with Crippen LogP contribution in [0.2, 0.25) is 0 Å². The molecular weight excluding hydrogens is 208 g/mol. The number of amides is 1. The van der Waals surface area contributed by atoms with E-state index in [2.05, 4.69) is 26.2 Å². The van der Waals surface area contributed by atoms with Gasteiger partial charge in [0.25, 0.3) is 0 Å². The van der Waals surface area contributed by atoms with Gasteiger partial charge in [-0.05, 0) is 22.0 Å². The number of rotatable bonds is 0. The second-order valence-corrected chi connectivity index (χ2v) is 3.28. The molecule has 1 N–H and O–H groups in total. The van der Waals surface area contributed by atoms with E-state index in [1.165, 1.54) is 0 Å². The fraction of sp³-hybridized carbons (Fsp3) is 0.143. The van der Waals surface area contributed by atoms with Gasteiger partial charge in [0.2, 0.25) is 5.91 Å². The zero-order valence-corrected chi connectivity index (χ0v) is 7.13. The summed E-state index contributed by atoms with van der Waals surface area (Å²) < 4.78 is 0.900. The molecule has 0 bridgehead atoms. The van der Waals surface area contributed by atoms with E-state index in [0.717, 1.165) is 10.1 Å². The van der Waals surface area contributed by atoms with Gasteiger partial charge in [0, 0.05) is 22.3 Å². The summed E-state index contributed by atoms with van der Waals surface area (Å²) in [5.41, 5.74) is 0.921. The third-order valence-corrected chi connectivity index (χ3v) is 1.98. The van der Waals surface area contributed by atoms with Crippen molar-refractivity contribution in [2.75, 3.05) is 0 Å². The summed E-state index contributed by atoms with van der Waals surface area (Å²) in [4.78, 5) is 14.9. The lowest BCUT2D eigenvalue weighted by atomic mass is 10.2. The molecule has 2 aliphatic heterocycles. The number of aliphatic imine (C=N–C) groups is 1. The Morgan fingerprint density at radius 1 is 1.55 bits per heavy atom. The summed E-state index contributed by atoms with van der Waals surface area (Å²) >= 11 is 3.28. The predicted molar refractivity (Wildman–Crippen MR) is 45.5 cm³/mol. The van der Waals surface area contributed by atoms with Crippen molar-refractivity contribution in [3.05, 3.63) is 22.2 Å². The second-order valence-electron chi connectivity index (χ2n) is 2.36. The highest BCUT2D eigenvalue weighted by atomic mass is 79.9. The maximum atomic E-state index is 10.8. The van der Waals surface area contributed by atoms with Crippen molar-refractivity contribution in [2.45, 2.75) is 6.17 Å². The molecule has 0 aliphatic carbocycles. The molecule has 2 rings (SSSR count). The SMILES string of the molecule is O=C1C=C2C=C(Br)C=NC2N1. The van der Waals surface area contributed by atoms with Gasteiger partial charge in [0.15, 0.2) is 0 Å². The summed E-state index contributed by atoms with van der Waals surface area (Å²) in [6, 6.07) is 0. The topological polar surface area (TPSA) is 41.5 Å². The molecule has 2 heterocycles. The van der Waals surface area contributed by atoms with E-state index in [9.17, 15) is 4.79 Å². The third-order valence-electron chi connectivity index (χ3n) is 1.54. The van der Waals surface area contributed by atoms with Gasteiger partial charge in [0.1, 0.15) is 6.17 Å². The maximum Gasteiger partial charge on any atom is 0.246 e. The lowest BCUT2D eigenvalue weighted by Gasteiger charge is -2.10. The molecular formula is C7H5BrN2O. The number of halogens is 1. The van der Waals surface area contributed by atoms with Crippen LogP contribution in [0.1, 0.15) is 0 Å². The number of dihydropyridines is 1. The first-order valence-corrected chi connectivity index (χ1v) is 3.97. The first-order valence-electron chi connectivity index (χ1n) is 3.18. The van der Waals surface area contributed by atoms with Gasteiger partial charge in [0.05, 0.1) is 0 Å². The summed E-state index contributed by atoms with van der Waals surface area (Å²) in [6.07, 6.45) is 4.98. The van der Waals surface area contributed by atoms with Crippen LogP contribution in [-0.2, 0) is 4.79 Å². The zero-order valence-electron chi connectivity index (χ0n) is 5.54. The summed E-state index contributed by atoms with van der Waals surface area (Å²) in [5, 5.41) is 2.68. The van der Waals surface area contributed by atoms with Crippen molar-refractivity contribution in [2.24, 2.45) is 4.99 Å². The Hall–Kier alpha value is -0.900. The van der Waals surface area contributed by atoms with Crippen molar-refractivity contribution in [1.29, 1.82) is 0 Å². The Labute approximate surface area is 72.0 Å². The molecule has 1 amide bonds. The maximum absolute atomic E-state index is 10.8.